The number of carbonyl (C=O) groups is 1. The predicted octanol–water partition coefficient (Wildman–Crippen LogP) is 3.70. The van der Waals surface area contributed by atoms with Crippen LogP contribution in [0.1, 0.15) is 22.2 Å². The number of carboxylic acid groups (broad SMARTS) is 1. The van der Waals surface area contributed by atoms with Crippen molar-refractivity contribution < 1.29 is 9.90 Å². The topological polar surface area (TPSA) is 75.1 Å². The Morgan fingerprint density at radius 3 is 2.90 bits per heavy atom. The van der Waals surface area contributed by atoms with Crippen LogP contribution in [0.5, 0.6) is 0 Å². The van der Waals surface area contributed by atoms with E-state index in [1.54, 1.807) is 35.6 Å². The Morgan fingerprint density at radius 1 is 1.33 bits per heavy atom. The molecule has 0 saturated heterocycles. The van der Waals surface area contributed by atoms with Gasteiger partial charge in [-0.15, -0.1) is 11.3 Å². The fourth-order valence-corrected chi connectivity index (χ4v) is 3.02. The van der Waals surface area contributed by atoms with Crippen molar-refractivity contribution in [3.05, 3.63) is 47.1 Å². The van der Waals surface area contributed by atoms with Crippen molar-refractivity contribution >= 4 is 39.0 Å². The van der Waals surface area contributed by atoms with Crippen LogP contribution in [0.2, 0.25) is 0 Å². The molecule has 6 heteroatoms. The van der Waals surface area contributed by atoms with Crippen LogP contribution >= 0.6 is 11.3 Å². The number of aromatic nitrogens is 2. The second-order valence-corrected chi connectivity index (χ2v) is 5.60. The van der Waals surface area contributed by atoms with Crippen LogP contribution in [0.4, 0.5) is 11.5 Å². The minimum atomic E-state index is -0.969. The first-order chi connectivity index (χ1) is 10.2. The highest BCUT2D eigenvalue weighted by Gasteiger charge is 2.12. The lowest BCUT2D eigenvalue weighted by molar-refractivity contribution is 0.0698. The van der Waals surface area contributed by atoms with Crippen molar-refractivity contribution in [2.24, 2.45) is 0 Å². The van der Waals surface area contributed by atoms with Gasteiger partial charge in [-0.3, -0.25) is 0 Å². The van der Waals surface area contributed by atoms with Crippen molar-refractivity contribution in [2.75, 3.05) is 5.32 Å². The van der Waals surface area contributed by atoms with Gasteiger partial charge in [0.25, 0.3) is 0 Å². The number of thiophene rings is 1. The number of benzene rings is 1. The molecule has 2 aromatic heterocycles. The van der Waals surface area contributed by atoms with E-state index in [0.29, 0.717) is 11.5 Å². The maximum Gasteiger partial charge on any atom is 0.337 e. The lowest BCUT2D eigenvalue weighted by atomic mass is 10.2. The summed E-state index contributed by atoms with van der Waals surface area (Å²) in [5, 5.41) is 13.3. The molecule has 2 heterocycles. The van der Waals surface area contributed by atoms with Crippen LogP contribution in [0.3, 0.4) is 0 Å². The molecule has 0 aliphatic rings. The molecule has 106 valence electrons. The second-order valence-electron chi connectivity index (χ2n) is 4.48. The van der Waals surface area contributed by atoms with E-state index in [4.69, 9.17) is 0 Å². The van der Waals surface area contributed by atoms with Gasteiger partial charge in [-0.2, -0.15) is 0 Å². The second kappa shape index (κ2) is 5.49. The molecular formula is C15H13N3O2S. The molecule has 3 rings (SSSR count). The van der Waals surface area contributed by atoms with Crippen molar-refractivity contribution in [3.8, 4) is 0 Å². The minimum absolute atomic E-state index is 0.218. The van der Waals surface area contributed by atoms with E-state index in [0.717, 1.165) is 16.6 Å². The van der Waals surface area contributed by atoms with Gasteiger partial charge in [0.05, 0.1) is 16.6 Å². The molecule has 0 amide bonds. The van der Waals surface area contributed by atoms with Crippen LogP contribution in [-0.4, -0.2) is 21.0 Å². The van der Waals surface area contributed by atoms with Gasteiger partial charge in [0.2, 0.25) is 0 Å². The van der Waals surface area contributed by atoms with Gasteiger partial charge in [-0.1, -0.05) is 19.1 Å². The molecule has 21 heavy (non-hydrogen) atoms. The van der Waals surface area contributed by atoms with E-state index < -0.39 is 5.97 Å². The summed E-state index contributed by atoms with van der Waals surface area (Å²) in [7, 11) is 0. The number of carboxylic acids is 1. The van der Waals surface area contributed by atoms with Crippen molar-refractivity contribution in [1.82, 2.24) is 9.97 Å². The average Bonchev–Trinajstić information content (AvgIpc) is 2.92. The maximum atomic E-state index is 11.3. The Kier molecular flexibility index (Phi) is 3.53. The van der Waals surface area contributed by atoms with Gasteiger partial charge in [-0.05, 0) is 24.6 Å². The monoisotopic (exact) mass is 299 g/mol. The van der Waals surface area contributed by atoms with Gasteiger partial charge in [0, 0.05) is 4.88 Å². The number of anilines is 2. The fraction of sp³-hybridized carbons (Fsp3) is 0.133. The summed E-state index contributed by atoms with van der Waals surface area (Å²) in [6, 6.07) is 8.83. The van der Waals surface area contributed by atoms with E-state index >= 15 is 0 Å². The number of rotatable bonds is 4. The van der Waals surface area contributed by atoms with E-state index in [1.807, 2.05) is 6.07 Å². The molecule has 0 unspecified atom stereocenters. The Labute approximate surface area is 125 Å². The standard InChI is InChI=1S/C15H13N3O2S/c1-2-9-7-11-13(16-8-17-14(11)21-9)18-12-6-4-3-5-10(12)15(19)20/h3-8H,2H2,1H3,(H,19,20)(H,16,17,18). The maximum absolute atomic E-state index is 11.3. The largest absolute Gasteiger partial charge is 0.478 e. The van der Waals surface area contributed by atoms with Gasteiger partial charge in [0.15, 0.2) is 0 Å². The van der Waals surface area contributed by atoms with Crippen molar-refractivity contribution in [3.63, 3.8) is 0 Å². The normalized spacial score (nSPS) is 10.7. The Hall–Kier alpha value is -2.47. The quantitative estimate of drug-likeness (QED) is 0.768. The molecule has 0 aliphatic carbocycles. The summed E-state index contributed by atoms with van der Waals surface area (Å²) < 4.78 is 0. The molecule has 0 bridgehead atoms. The molecule has 1 aromatic carbocycles. The summed E-state index contributed by atoms with van der Waals surface area (Å²) in [6.07, 6.45) is 2.43. The average molecular weight is 299 g/mol. The number of para-hydroxylation sites is 1. The molecular weight excluding hydrogens is 286 g/mol. The number of aryl methyl sites for hydroxylation is 1. The van der Waals surface area contributed by atoms with Crippen molar-refractivity contribution in [2.45, 2.75) is 13.3 Å². The van der Waals surface area contributed by atoms with E-state index in [2.05, 4.69) is 22.2 Å². The third kappa shape index (κ3) is 2.57. The lowest BCUT2D eigenvalue weighted by Crippen LogP contribution is -2.03. The van der Waals surface area contributed by atoms with Crippen LogP contribution in [0.15, 0.2) is 36.7 Å². The van der Waals surface area contributed by atoms with Gasteiger partial charge in [-0.25, -0.2) is 14.8 Å². The predicted molar refractivity (Wildman–Crippen MR) is 83.5 cm³/mol. The molecule has 5 nitrogen and oxygen atoms in total. The molecule has 0 fully saturated rings. The molecule has 3 aromatic rings. The van der Waals surface area contributed by atoms with Crippen LogP contribution < -0.4 is 5.32 Å². The van der Waals surface area contributed by atoms with E-state index in [9.17, 15) is 9.90 Å². The Bertz CT molecular complexity index is 814. The highest BCUT2D eigenvalue weighted by molar-refractivity contribution is 7.18. The van der Waals surface area contributed by atoms with Crippen LogP contribution in [-0.2, 0) is 6.42 Å². The SMILES string of the molecule is CCc1cc2c(Nc3ccccc3C(=O)O)ncnc2s1. The first kappa shape index (κ1) is 13.5. The summed E-state index contributed by atoms with van der Waals surface area (Å²) in [4.78, 5) is 21.9. The highest BCUT2D eigenvalue weighted by atomic mass is 32.1. The molecule has 0 radical (unpaired) electrons. The minimum Gasteiger partial charge on any atom is -0.478 e. The first-order valence-electron chi connectivity index (χ1n) is 6.51. The third-order valence-electron chi connectivity index (χ3n) is 3.14. The number of hydrogen-bond acceptors (Lipinski definition) is 5. The molecule has 2 N–H and O–H groups in total. The number of aromatic carboxylic acids is 1. The summed E-state index contributed by atoms with van der Waals surface area (Å²) in [5.41, 5.74) is 0.740. The number of nitrogens with one attached hydrogen (secondary N) is 1. The number of hydrogen-bond donors (Lipinski definition) is 2. The summed E-state index contributed by atoms with van der Waals surface area (Å²) in [6.45, 7) is 2.09. The third-order valence-corrected chi connectivity index (χ3v) is 4.33. The zero-order chi connectivity index (χ0) is 14.8. The summed E-state index contributed by atoms with van der Waals surface area (Å²) >= 11 is 1.63. The van der Waals surface area contributed by atoms with Crippen LogP contribution in [0, 0.1) is 0 Å². The molecule has 0 saturated carbocycles. The molecule has 0 spiro atoms. The van der Waals surface area contributed by atoms with Gasteiger partial charge in [0.1, 0.15) is 17.0 Å². The molecule has 0 atom stereocenters. The zero-order valence-corrected chi connectivity index (χ0v) is 12.1. The van der Waals surface area contributed by atoms with Crippen LogP contribution in [0.25, 0.3) is 10.2 Å². The van der Waals surface area contributed by atoms with Crippen molar-refractivity contribution in [1.29, 1.82) is 0 Å². The summed E-state index contributed by atoms with van der Waals surface area (Å²) in [5.74, 6) is -0.340. The zero-order valence-electron chi connectivity index (χ0n) is 11.3. The smallest absolute Gasteiger partial charge is 0.337 e. The number of fused-ring (bicyclic) bond motifs is 1. The van der Waals surface area contributed by atoms with Gasteiger partial charge < -0.3 is 10.4 Å². The van der Waals surface area contributed by atoms with E-state index in [1.165, 1.54) is 11.2 Å². The lowest BCUT2D eigenvalue weighted by Gasteiger charge is -2.09. The Balaban J connectivity index is 2.06. The van der Waals surface area contributed by atoms with E-state index in [-0.39, 0.29) is 5.56 Å². The molecule has 0 aliphatic heterocycles. The first-order valence-corrected chi connectivity index (χ1v) is 7.33. The highest BCUT2D eigenvalue weighted by Crippen LogP contribution is 2.30. The van der Waals surface area contributed by atoms with Gasteiger partial charge >= 0.3 is 5.97 Å². The Morgan fingerprint density at radius 2 is 2.14 bits per heavy atom. The number of nitrogens with zero attached hydrogens (tertiary/aromatic N) is 2. The fourth-order valence-electron chi connectivity index (χ4n) is 2.09.